The number of rotatable bonds is 1. The molecule has 1 atom stereocenters. The monoisotopic (exact) mass is 275 g/mol. The molecule has 0 spiro atoms. The lowest BCUT2D eigenvalue weighted by molar-refractivity contribution is 0.169. The highest BCUT2D eigenvalue weighted by Crippen LogP contribution is 2.42. The van der Waals surface area contributed by atoms with Gasteiger partial charge < -0.3 is 15.2 Å². The number of ether oxygens (including phenoxy) is 2. The Kier molecular flexibility index (Phi) is 2.84. The Bertz CT molecular complexity index is 395. The van der Waals surface area contributed by atoms with Gasteiger partial charge in [-0.1, -0.05) is 0 Å². The van der Waals surface area contributed by atoms with Crippen molar-refractivity contribution < 1.29 is 13.9 Å². The molecular weight excluding hydrogens is 265 g/mol. The third-order valence-corrected chi connectivity index (χ3v) is 3.00. The number of nitrogens with two attached hydrogens (primary N) is 1. The molecule has 0 saturated heterocycles. The summed E-state index contributed by atoms with van der Waals surface area (Å²) in [5, 5.41) is 0. The molecule has 1 unspecified atom stereocenters. The summed E-state index contributed by atoms with van der Waals surface area (Å²) in [6.45, 7) is 2.63. The van der Waals surface area contributed by atoms with E-state index in [1.54, 1.807) is 6.92 Å². The van der Waals surface area contributed by atoms with Crippen molar-refractivity contribution in [1.82, 2.24) is 0 Å². The molecule has 1 aromatic carbocycles. The Hall–Kier alpha value is -0.810. The molecule has 0 aromatic heterocycles. The van der Waals surface area contributed by atoms with Gasteiger partial charge in [-0.3, -0.25) is 0 Å². The van der Waals surface area contributed by atoms with E-state index in [1.807, 2.05) is 0 Å². The summed E-state index contributed by atoms with van der Waals surface area (Å²) in [6.07, 6.45) is 0. The maximum atomic E-state index is 13.6. The van der Waals surface area contributed by atoms with Crippen molar-refractivity contribution in [2.24, 2.45) is 5.73 Å². The fourth-order valence-electron chi connectivity index (χ4n) is 1.55. The molecule has 1 aliphatic rings. The minimum absolute atomic E-state index is 0.374. The molecule has 1 aromatic rings. The summed E-state index contributed by atoms with van der Waals surface area (Å²) in [6, 6.07) is 0.924. The van der Waals surface area contributed by atoms with Crippen LogP contribution >= 0.6 is 15.9 Å². The quantitative estimate of drug-likeness (QED) is 0.856. The average Bonchev–Trinajstić information content (AvgIpc) is 2.17. The minimum atomic E-state index is -0.393. The van der Waals surface area contributed by atoms with Crippen LogP contribution in [-0.2, 0) is 0 Å². The molecular formula is C10H11BrFNO2. The lowest BCUT2D eigenvalue weighted by Gasteiger charge is -2.22. The topological polar surface area (TPSA) is 44.5 Å². The number of benzene rings is 1. The number of hydrogen-bond acceptors (Lipinski definition) is 3. The van der Waals surface area contributed by atoms with E-state index >= 15 is 0 Å². The third kappa shape index (κ3) is 1.81. The van der Waals surface area contributed by atoms with Crippen molar-refractivity contribution in [3.8, 4) is 11.5 Å². The minimum Gasteiger partial charge on any atom is -0.486 e. The van der Waals surface area contributed by atoms with Gasteiger partial charge in [0.15, 0.2) is 11.5 Å². The van der Waals surface area contributed by atoms with Crippen LogP contribution in [-0.4, -0.2) is 13.2 Å². The molecule has 15 heavy (non-hydrogen) atoms. The number of fused-ring (bicyclic) bond motifs is 1. The maximum Gasteiger partial charge on any atom is 0.176 e. The summed E-state index contributed by atoms with van der Waals surface area (Å²) in [5.74, 6) is 0.589. The molecule has 0 fully saturated rings. The van der Waals surface area contributed by atoms with Crippen LogP contribution in [0.3, 0.4) is 0 Å². The first-order valence-corrected chi connectivity index (χ1v) is 5.43. The summed E-state index contributed by atoms with van der Waals surface area (Å²) < 4.78 is 24.9. The van der Waals surface area contributed by atoms with Crippen LogP contribution in [0.2, 0.25) is 0 Å². The largest absolute Gasteiger partial charge is 0.486 e. The van der Waals surface area contributed by atoms with Gasteiger partial charge in [0, 0.05) is 17.7 Å². The third-order valence-electron chi connectivity index (χ3n) is 2.22. The molecule has 1 heterocycles. The Labute approximate surface area is 95.5 Å². The second-order valence-electron chi connectivity index (χ2n) is 3.40. The molecule has 5 heteroatoms. The van der Waals surface area contributed by atoms with Gasteiger partial charge in [-0.2, -0.15) is 0 Å². The Morgan fingerprint density at radius 2 is 2.13 bits per heavy atom. The highest BCUT2D eigenvalue weighted by molar-refractivity contribution is 9.10. The van der Waals surface area contributed by atoms with Crippen LogP contribution in [0.1, 0.15) is 18.5 Å². The smallest absolute Gasteiger partial charge is 0.176 e. The van der Waals surface area contributed by atoms with Gasteiger partial charge in [-0.25, -0.2) is 4.39 Å². The highest BCUT2D eigenvalue weighted by atomic mass is 79.9. The van der Waals surface area contributed by atoms with Crippen LogP contribution < -0.4 is 15.2 Å². The fraction of sp³-hybridized carbons (Fsp3) is 0.400. The van der Waals surface area contributed by atoms with E-state index in [1.165, 1.54) is 6.07 Å². The molecule has 0 saturated carbocycles. The van der Waals surface area contributed by atoms with E-state index in [-0.39, 0.29) is 5.82 Å². The predicted molar refractivity (Wildman–Crippen MR) is 57.7 cm³/mol. The van der Waals surface area contributed by atoms with Gasteiger partial charge in [0.05, 0.1) is 4.47 Å². The van der Waals surface area contributed by atoms with Crippen molar-refractivity contribution in [3.05, 3.63) is 21.9 Å². The van der Waals surface area contributed by atoms with E-state index in [0.717, 1.165) is 0 Å². The van der Waals surface area contributed by atoms with E-state index in [0.29, 0.717) is 34.7 Å². The molecule has 0 radical (unpaired) electrons. The van der Waals surface area contributed by atoms with E-state index in [2.05, 4.69) is 15.9 Å². The van der Waals surface area contributed by atoms with Crippen LogP contribution in [0.25, 0.3) is 0 Å². The van der Waals surface area contributed by atoms with Gasteiger partial charge in [-0.05, 0) is 22.9 Å². The first-order chi connectivity index (χ1) is 7.11. The zero-order chi connectivity index (χ0) is 11.0. The van der Waals surface area contributed by atoms with Crippen LogP contribution in [0.5, 0.6) is 11.5 Å². The van der Waals surface area contributed by atoms with Crippen molar-refractivity contribution in [2.75, 3.05) is 13.2 Å². The molecule has 0 bridgehead atoms. The fourth-order valence-corrected chi connectivity index (χ4v) is 2.41. The summed E-state index contributed by atoms with van der Waals surface area (Å²) in [7, 11) is 0. The summed E-state index contributed by atoms with van der Waals surface area (Å²) in [4.78, 5) is 0. The van der Waals surface area contributed by atoms with Gasteiger partial charge >= 0.3 is 0 Å². The second kappa shape index (κ2) is 3.98. The Morgan fingerprint density at radius 1 is 1.47 bits per heavy atom. The standard InChI is InChI=1S/C10H11BrFNO2/c1-5(13)8-6(12)4-7-10(9(8)11)15-3-2-14-7/h4-5H,2-3,13H2,1H3. The molecule has 1 aliphatic heterocycles. The molecule has 2 N–H and O–H groups in total. The van der Waals surface area contributed by atoms with Crippen molar-refractivity contribution in [1.29, 1.82) is 0 Å². The molecule has 3 nitrogen and oxygen atoms in total. The lowest BCUT2D eigenvalue weighted by atomic mass is 10.1. The van der Waals surface area contributed by atoms with Crippen LogP contribution in [0.15, 0.2) is 10.5 Å². The van der Waals surface area contributed by atoms with Crippen LogP contribution in [0.4, 0.5) is 4.39 Å². The van der Waals surface area contributed by atoms with Crippen molar-refractivity contribution in [3.63, 3.8) is 0 Å². The van der Waals surface area contributed by atoms with Gasteiger partial charge in [0.25, 0.3) is 0 Å². The van der Waals surface area contributed by atoms with E-state index in [9.17, 15) is 4.39 Å². The normalized spacial score (nSPS) is 16.3. The number of hydrogen-bond donors (Lipinski definition) is 1. The maximum absolute atomic E-state index is 13.6. The lowest BCUT2D eigenvalue weighted by Crippen LogP contribution is -2.18. The highest BCUT2D eigenvalue weighted by Gasteiger charge is 2.23. The second-order valence-corrected chi connectivity index (χ2v) is 4.19. The van der Waals surface area contributed by atoms with E-state index < -0.39 is 6.04 Å². The molecule has 2 rings (SSSR count). The van der Waals surface area contributed by atoms with Crippen molar-refractivity contribution in [2.45, 2.75) is 13.0 Å². The van der Waals surface area contributed by atoms with Gasteiger partial charge in [0.1, 0.15) is 19.0 Å². The summed E-state index contributed by atoms with van der Waals surface area (Å²) in [5.41, 5.74) is 6.10. The summed E-state index contributed by atoms with van der Waals surface area (Å²) >= 11 is 3.29. The molecule has 0 amide bonds. The van der Waals surface area contributed by atoms with Crippen LogP contribution in [0, 0.1) is 5.82 Å². The molecule has 82 valence electrons. The first-order valence-electron chi connectivity index (χ1n) is 4.64. The van der Waals surface area contributed by atoms with Crippen molar-refractivity contribution >= 4 is 15.9 Å². The zero-order valence-corrected chi connectivity index (χ0v) is 9.80. The number of halogens is 2. The SMILES string of the molecule is CC(N)c1c(F)cc2c(c1Br)OCCO2. The Morgan fingerprint density at radius 3 is 2.80 bits per heavy atom. The first kappa shape index (κ1) is 10.7. The van der Waals surface area contributed by atoms with Gasteiger partial charge in [0.2, 0.25) is 0 Å². The Balaban J connectivity index is 2.59. The van der Waals surface area contributed by atoms with Gasteiger partial charge in [-0.15, -0.1) is 0 Å². The molecule has 0 aliphatic carbocycles. The zero-order valence-electron chi connectivity index (χ0n) is 8.22. The predicted octanol–water partition coefficient (Wildman–Crippen LogP) is 2.38. The van der Waals surface area contributed by atoms with E-state index in [4.69, 9.17) is 15.2 Å². The average molecular weight is 276 g/mol.